The van der Waals surface area contributed by atoms with E-state index in [4.69, 9.17) is 27.9 Å². The van der Waals surface area contributed by atoms with Crippen molar-refractivity contribution >= 4 is 63.2 Å². The van der Waals surface area contributed by atoms with Crippen molar-refractivity contribution in [3.05, 3.63) is 56.9 Å². The highest BCUT2D eigenvalue weighted by Crippen LogP contribution is 2.38. The zero-order chi connectivity index (χ0) is 25.7. The van der Waals surface area contributed by atoms with E-state index in [1.807, 2.05) is 4.57 Å². The van der Waals surface area contributed by atoms with Gasteiger partial charge in [0.25, 0.3) is 0 Å². The van der Waals surface area contributed by atoms with Crippen molar-refractivity contribution in [1.29, 1.82) is 0 Å². The lowest BCUT2D eigenvalue weighted by molar-refractivity contribution is -0.113. The number of ether oxygens (including phenoxy) is 1. The van der Waals surface area contributed by atoms with E-state index >= 15 is 0 Å². The van der Waals surface area contributed by atoms with Gasteiger partial charge in [-0.15, -0.1) is 28.1 Å². The number of fused-ring (bicyclic) bond motifs is 1. The van der Waals surface area contributed by atoms with Gasteiger partial charge in [0.05, 0.1) is 22.9 Å². The van der Waals surface area contributed by atoms with Gasteiger partial charge in [-0.3, -0.25) is 9.36 Å². The van der Waals surface area contributed by atoms with Gasteiger partial charge in [0.2, 0.25) is 5.91 Å². The first-order chi connectivity index (χ1) is 17.4. The van der Waals surface area contributed by atoms with Crippen LogP contribution in [0.25, 0.3) is 11.4 Å². The molecule has 0 radical (unpaired) electrons. The second-order valence-electron chi connectivity index (χ2n) is 8.16. The molecule has 2 aromatic heterocycles. The summed E-state index contributed by atoms with van der Waals surface area (Å²) in [6.45, 7) is 6.32. The third-order valence-corrected chi connectivity index (χ3v) is 8.41. The molecule has 1 aromatic carbocycles. The Morgan fingerprint density at radius 1 is 1.25 bits per heavy atom. The number of anilines is 1. The third kappa shape index (κ3) is 5.96. The van der Waals surface area contributed by atoms with Gasteiger partial charge in [-0.05, 0) is 56.4 Å². The van der Waals surface area contributed by atoms with Crippen LogP contribution >= 0.6 is 46.3 Å². The molecule has 2 heterocycles. The molecule has 0 saturated carbocycles. The molecule has 0 saturated heterocycles. The molecule has 11 heteroatoms. The number of esters is 1. The number of hydrogen-bond donors (Lipinski definition) is 1. The number of nitrogens with zero attached hydrogens (tertiary/aromatic N) is 3. The number of nitrogens with one attached hydrogen (secondary N) is 1. The summed E-state index contributed by atoms with van der Waals surface area (Å²) in [5, 5.41) is 13.6. The molecule has 1 amide bonds. The van der Waals surface area contributed by atoms with Gasteiger partial charge in [0.15, 0.2) is 11.0 Å². The van der Waals surface area contributed by atoms with Crippen molar-refractivity contribution in [2.24, 2.45) is 0 Å². The van der Waals surface area contributed by atoms with E-state index in [0.29, 0.717) is 43.7 Å². The molecule has 7 nitrogen and oxygen atoms in total. The summed E-state index contributed by atoms with van der Waals surface area (Å²) in [7, 11) is 0. The van der Waals surface area contributed by atoms with Crippen LogP contribution in [0, 0.1) is 0 Å². The lowest BCUT2D eigenvalue weighted by Gasteiger charge is -2.10. The monoisotopic (exact) mass is 564 g/mol. The lowest BCUT2D eigenvalue weighted by Crippen LogP contribution is -2.17. The summed E-state index contributed by atoms with van der Waals surface area (Å²) >= 11 is 15.1. The van der Waals surface area contributed by atoms with Crippen molar-refractivity contribution in [2.45, 2.75) is 50.7 Å². The molecule has 0 unspecified atom stereocenters. The van der Waals surface area contributed by atoms with Gasteiger partial charge in [-0.2, -0.15) is 0 Å². The summed E-state index contributed by atoms with van der Waals surface area (Å²) in [5.74, 6) is 0.0383. The molecule has 0 spiro atoms. The smallest absolute Gasteiger partial charge is 0.341 e. The Bertz CT molecular complexity index is 1290. The van der Waals surface area contributed by atoms with Crippen molar-refractivity contribution < 1.29 is 14.3 Å². The summed E-state index contributed by atoms with van der Waals surface area (Å²) in [6.07, 6.45) is 6.71. The number of carbonyl (C=O) groups excluding carboxylic acids is 2. The maximum absolute atomic E-state index is 12.9. The minimum atomic E-state index is -0.380. The van der Waals surface area contributed by atoms with E-state index in [0.717, 1.165) is 42.5 Å². The minimum absolute atomic E-state index is 0.0917. The zero-order valence-corrected chi connectivity index (χ0v) is 23.0. The Labute approximate surface area is 228 Å². The van der Waals surface area contributed by atoms with Crippen molar-refractivity contribution in [1.82, 2.24) is 14.8 Å². The molecular formula is C25H26Cl2N4O3S2. The van der Waals surface area contributed by atoms with Gasteiger partial charge in [0.1, 0.15) is 5.00 Å². The van der Waals surface area contributed by atoms with Gasteiger partial charge in [-0.1, -0.05) is 47.5 Å². The van der Waals surface area contributed by atoms with Crippen molar-refractivity contribution in [3.63, 3.8) is 0 Å². The Morgan fingerprint density at radius 3 is 2.81 bits per heavy atom. The Morgan fingerprint density at radius 2 is 2.06 bits per heavy atom. The third-order valence-electron chi connectivity index (χ3n) is 5.69. The van der Waals surface area contributed by atoms with Gasteiger partial charge < -0.3 is 10.1 Å². The fraction of sp³-hybridized carbons (Fsp3) is 0.360. The maximum atomic E-state index is 12.9. The highest BCUT2D eigenvalue weighted by Gasteiger charge is 2.27. The lowest BCUT2D eigenvalue weighted by atomic mass is 10.1. The number of hydrogen-bond acceptors (Lipinski definition) is 7. The fourth-order valence-corrected chi connectivity index (χ4v) is 6.64. The molecule has 1 aliphatic carbocycles. The summed E-state index contributed by atoms with van der Waals surface area (Å²) in [6, 6.07) is 5.17. The maximum Gasteiger partial charge on any atom is 0.341 e. The van der Waals surface area contributed by atoms with Gasteiger partial charge >= 0.3 is 5.97 Å². The molecule has 3 aromatic rings. The molecule has 1 N–H and O–H groups in total. The summed E-state index contributed by atoms with van der Waals surface area (Å²) < 4.78 is 7.16. The van der Waals surface area contributed by atoms with E-state index in [2.05, 4.69) is 22.1 Å². The minimum Gasteiger partial charge on any atom is -0.462 e. The first-order valence-electron chi connectivity index (χ1n) is 11.7. The van der Waals surface area contributed by atoms with Gasteiger partial charge in [-0.25, -0.2) is 4.79 Å². The van der Waals surface area contributed by atoms with E-state index in [1.54, 1.807) is 31.2 Å². The number of rotatable bonds is 9. The molecule has 0 bridgehead atoms. The van der Waals surface area contributed by atoms with Gasteiger partial charge in [0, 0.05) is 22.0 Å². The molecule has 36 heavy (non-hydrogen) atoms. The average Bonchev–Trinajstić information content (AvgIpc) is 3.30. The molecule has 0 fully saturated rings. The number of carbonyl (C=O) groups is 2. The van der Waals surface area contributed by atoms with Crippen LogP contribution in [0.15, 0.2) is 36.0 Å². The van der Waals surface area contributed by atoms with E-state index in [9.17, 15) is 9.59 Å². The highest BCUT2D eigenvalue weighted by molar-refractivity contribution is 7.99. The Kier molecular flexibility index (Phi) is 9.11. The van der Waals surface area contributed by atoms with Crippen LogP contribution < -0.4 is 5.32 Å². The number of thioether (sulfide) groups is 1. The van der Waals surface area contributed by atoms with Crippen LogP contribution in [-0.4, -0.2) is 39.0 Å². The second kappa shape index (κ2) is 12.3. The number of aromatic nitrogens is 3. The van der Waals surface area contributed by atoms with Crippen LogP contribution in [0.4, 0.5) is 5.00 Å². The predicted octanol–water partition coefficient (Wildman–Crippen LogP) is 6.68. The topological polar surface area (TPSA) is 86.1 Å². The molecule has 1 aliphatic rings. The van der Waals surface area contributed by atoms with Crippen molar-refractivity contribution in [3.8, 4) is 11.4 Å². The molecular weight excluding hydrogens is 539 g/mol. The van der Waals surface area contributed by atoms with E-state index < -0.39 is 0 Å². The zero-order valence-electron chi connectivity index (χ0n) is 19.8. The van der Waals surface area contributed by atoms with Crippen LogP contribution in [0.3, 0.4) is 0 Å². The standard InChI is InChI=1S/C25H26Cl2N4O3S2/c1-3-12-31-22(16-11-10-15(26)13-18(16)27)29-30-25(31)35-14-20(32)28-23-21(24(33)34-4-2)17-8-6-5-7-9-19(17)36-23/h3,10-11,13H,1,4-9,12,14H2,2H3,(H,28,32). The van der Waals surface area contributed by atoms with Crippen LogP contribution in [0.2, 0.25) is 10.0 Å². The van der Waals surface area contributed by atoms with E-state index in [-0.39, 0.29) is 24.2 Å². The normalized spacial score (nSPS) is 13.1. The molecule has 0 aliphatic heterocycles. The number of benzene rings is 1. The van der Waals surface area contributed by atoms with Crippen LogP contribution in [-0.2, 0) is 28.9 Å². The number of thiophene rings is 1. The second-order valence-corrected chi connectivity index (χ2v) is 11.0. The SMILES string of the molecule is C=CCn1c(SCC(=O)Nc2sc3c(c2C(=O)OCC)CCCCC3)nnc1-c1ccc(Cl)cc1Cl. The number of aryl methyl sites for hydroxylation is 1. The molecule has 4 rings (SSSR count). The fourth-order valence-electron chi connectivity index (χ4n) is 4.10. The average molecular weight is 566 g/mol. The summed E-state index contributed by atoms with van der Waals surface area (Å²) in [5.41, 5.74) is 2.21. The largest absolute Gasteiger partial charge is 0.462 e. The predicted molar refractivity (Wildman–Crippen MR) is 147 cm³/mol. The first kappa shape index (κ1) is 26.7. The number of amides is 1. The highest BCUT2D eigenvalue weighted by atomic mass is 35.5. The van der Waals surface area contributed by atoms with Crippen LogP contribution in [0.5, 0.6) is 0 Å². The quantitative estimate of drug-likeness (QED) is 0.135. The molecule has 190 valence electrons. The Balaban J connectivity index is 1.52. The van der Waals surface area contributed by atoms with Crippen LogP contribution in [0.1, 0.15) is 47.0 Å². The van der Waals surface area contributed by atoms with E-state index in [1.165, 1.54) is 23.1 Å². The van der Waals surface area contributed by atoms with Crippen molar-refractivity contribution in [2.75, 3.05) is 17.7 Å². The number of allylic oxidation sites excluding steroid dienone is 1. The summed E-state index contributed by atoms with van der Waals surface area (Å²) in [4.78, 5) is 26.9. The number of halogens is 2. The molecule has 0 atom stereocenters. The first-order valence-corrected chi connectivity index (χ1v) is 14.2. The Hall–Kier alpha value is -2.33.